The van der Waals surface area contributed by atoms with Crippen LogP contribution in [0, 0.1) is 40.9 Å². The first kappa shape index (κ1) is 20.6. The first-order chi connectivity index (χ1) is 12.7. The van der Waals surface area contributed by atoms with E-state index >= 15 is 0 Å². The minimum atomic E-state index is -0.384. The van der Waals surface area contributed by atoms with Crippen molar-refractivity contribution in [2.24, 2.45) is 40.9 Å². The maximum Gasteiger partial charge on any atom is 0.309 e. The Balaban J connectivity index is 1.42. The van der Waals surface area contributed by atoms with Gasteiger partial charge < -0.3 is 14.2 Å². The van der Waals surface area contributed by atoms with Gasteiger partial charge in [-0.2, -0.15) is 0 Å². The summed E-state index contributed by atoms with van der Waals surface area (Å²) in [4.78, 5) is 25.0. The fourth-order valence-corrected chi connectivity index (χ4v) is 4.62. The van der Waals surface area contributed by atoms with Gasteiger partial charge in [0.1, 0.15) is 0 Å². The van der Waals surface area contributed by atoms with E-state index < -0.39 is 0 Å². The molecule has 0 aromatic heterocycles. The van der Waals surface area contributed by atoms with Crippen molar-refractivity contribution in [3.8, 4) is 0 Å². The summed E-state index contributed by atoms with van der Waals surface area (Å²) in [6.45, 7) is 11.3. The van der Waals surface area contributed by atoms with E-state index in [4.69, 9.17) is 14.2 Å². The zero-order valence-electron chi connectivity index (χ0n) is 17.5. The van der Waals surface area contributed by atoms with Crippen molar-refractivity contribution in [2.45, 2.75) is 66.4 Å². The molecule has 5 nitrogen and oxygen atoms in total. The van der Waals surface area contributed by atoms with Gasteiger partial charge in [-0.05, 0) is 56.3 Å². The second-order valence-electron chi connectivity index (χ2n) is 10.2. The van der Waals surface area contributed by atoms with Gasteiger partial charge in [-0.15, -0.1) is 0 Å². The van der Waals surface area contributed by atoms with Crippen LogP contribution in [-0.4, -0.2) is 37.9 Å². The molecule has 3 rings (SSSR count). The van der Waals surface area contributed by atoms with E-state index in [0.717, 1.165) is 24.7 Å². The Bertz CT molecular complexity index is 533. The molecule has 2 saturated carbocycles. The van der Waals surface area contributed by atoms with E-state index in [9.17, 15) is 9.59 Å². The molecule has 5 heteroatoms. The van der Waals surface area contributed by atoms with Crippen LogP contribution in [0.3, 0.4) is 0 Å². The van der Waals surface area contributed by atoms with Crippen LogP contribution in [0.25, 0.3) is 0 Å². The topological polar surface area (TPSA) is 61.8 Å². The van der Waals surface area contributed by atoms with Gasteiger partial charge in [-0.3, -0.25) is 9.59 Å². The van der Waals surface area contributed by atoms with Crippen LogP contribution < -0.4 is 0 Å². The number of esters is 2. The predicted molar refractivity (Wildman–Crippen MR) is 102 cm³/mol. The summed E-state index contributed by atoms with van der Waals surface area (Å²) in [6.07, 6.45) is 4.24. The maximum atomic E-state index is 12.5. The molecule has 1 aliphatic heterocycles. The lowest BCUT2D eigenvalue weighted by Gasteiger charge is -2.33. The predicted octanol–water partition coefficient (Wildman–Crippen LogP) is 3.84. The Morgan fingerprint density at radius 3 is 2.04 bits per heavy atom. The number of carbonyl (C=O) groups is 2. The summed E-state index contributed by atoms with van der Waals surface area (Å²) in [7, 11) is 0. The quantitative estimate of drug-likeness (QED) is 0.655. The monoisotopic (exact) mass is 380 g/mol. The lowest BCUT2D eigenvalue weighted by atomic mass is 9.80. The Morgan fingerprint density at radius 2 is 1.41 bits per heavy atom. The summed E-state index contributed by atoms with van der Waals surface area (Å²) >= 11 is 0. The molecular weight excluding hydrogens is 344 g/mol. The molecule has 7 unspecified atom stereocenters. The Kier molecular flexibility index (Phi) is 6.19. The second-order valence-corrected chi connectivity index (χ2v) is 10.2. The van der Waals surface area contributed by atoms with Crippen molar-refractivity contribution >= 4 is 11.9 Å². The van der Waals surface area contributed by atoms with E-state index in [1.807, 2.05) is 27.7 Å². The van der Waals surface area contributed by atoms with Gasteiger partial charge in [-0.1, -0.05) is 27.7 Å². The number of ether oxygens (including phenoxy) is 3. The van der Waals surface area contributed by atoms with Crippen molar-refractivity contribution in [1.82, 2.24) is 0 Å². The third kappa shape index (κ3) is 5.24. The Hall–Kier alpha value is -1.10. The third-order valence-corrected chi connectivity index (χ3v) is 6.72. The zero-order valence-corrected chi connectivity index (χ0v) is 17.5. The Labute approximate surface area is 163 Å². The normalized spacial score (nSPS) is 38.6. The minimum Gasteiger partial charge on any atom is -0.465 e. The molecule has 0 aromatic carbocycles. The SMILES string of the molecule is CC1CC(C(=O)OCC(C)(C)COC(=O)C2CC3CC3CC2C)C(C)CO1. The first-order valence-electron chi connectivity index (χ1n) is 10.6. The van der Waals surface area contributed by atoms with E-state index in [1.54, 1.807) is 0 Å². The first-order valence-corrected chi connectivity index (χ1v) is 10.6. The lowest BCUT2D eigenvalue weighted by Crippen LogP contribution is -2.38. The highest BCUT2D eigenvalue weighted by molar-refractivity contribution is 5.73. The highest BCUT2D eigenvalue weighted by Gasteiger charge is 2.47. The van der Waals surface area contributed by atoms with Crippen LogP contribution in [0.5, 0.6) is 0 Å². The average molecular weight is 381 g/mol. The fourth-order valence-electron chi connectivity index (χ4n) is 4.62. The summed E-state index contributed by atoms with van der Waals surface area (Å²) in [5, 5.41) is 0. The van der Waals surface area contributed by atoms with Crippen LogP contribution >= 0.6 is 0 Å². The highest BCUT2D eigenvalue weighted by atomic mass is 16.5. The van der Waals surface area contributed by atoms with Crippen LogP contribution in [0.2, 0.25) is 0 Å². The van der Waals surface area contributed by atoms with E-state index in [2.05, 4.69) is 6.92 Å². The molecule has 0 radical (unpaired) electrons. The zero-order chi connectivity index (χ0) is 19.8. The van der Waals surface area contributed by atoms with Gasteiger partial charge in [0.15, 0.2) is 0 Å². The average Bonchev–Trinajstić information content (AvgIpc) is 3.37. The number of carbonyl (C=O) groups excluding carboxylic acids is 2. The minimum absolute atomic E-state index is 0.0386. The molecule has 7 atom stereocenters. The summed E-state index contributed by atoms with van der Waals surface area (Å²) in [5.74, 6) is 1.90. The number of hydrogen-bond acceptors (Lipinski definition) is 5. The molecule has 0 N–H and O–H groups in total. The van der Waals surface area contributed by atoms with Crippen LogP contribution in [0.4, 0.5) is 0 Å². The van der Waals surface area contributed by atoms with Gasteiger partial charge >= 0.3 is 11.9 Å². The van der Waals surface area contributed by atoms with Crippen molar-refractivity contribution in [2.75, 3.05) is 19.8 Å². The molecule has 1 heterocycles. The summed E-state index contributed by atoms with van der Waals surface area (Å²) in [6, 6.07) is 0. The smallest absolute Gasteiger partial charge is 0.309 e. The molecule has 1 saturated heterocycles. The third-order valence-electron chi connectivity index (χ3n) is 6.72. The molecule has 0 bridgehead atoms. The number of rotatable bonds is 6. The van der Waals surface area contributed by atoms with Crippen LogP contribution in [0.15, 0.2) is 0 Å². The van der Waals surface area contributed by atoms with E-state index in [-0.39, 0.29) is 54.4 Å². The van der Waals surface area contributed by atoms with Gasteiger partial charge in [0.05, 0.1) is 37.8 Å². The van der Waals surface area contributed by atoms with Gasteiger partial charge in [-0.25, -0.2) is 0 Å². The lowest BCUT2D eigenvalue weighted by molar-refractivity contribution is -0.164. The van der Waals surface area contributed by atoms with Gasteiger partial charge in [0.25, 0.3) is 0 Å². The molecule has 3 fully saturated rings. The molecule has 154 valence electrons. The van der Waals surface area contributed by atoms with Crippen molar-refractivity contribution < 1.29 is 23.8 Å². The molecule has 27 heavy (non-hydrogen) atoms. The summed E-state index contributed by atoms with van der Waals surface area (Å²) in [5.41, 5.74) is -0.384. The number of hydrogen-bond donors (Lipinski definition) is 0. The fraction of sp³-hybridized carbons (Fsp3) is 0.909. The van der Waals surface area contributed by atoms with Gasteiger partial charge in [0.2, 0.25) is 0 Å². The van der Waals surface area contributed by atoms with Crippen molar-refractivity contribution in [3.63, 3.8) is 0 Å². The molecular formula is C22H36O5. The molecule has 0 spiro atoms. The van der Waals surface area contributed by atoms with Crippen LogP contribution in [-0.2, 0) is 23.8 Å². The molecule has 0 amide bonds. The van der Waals surface area contributed by atoms with Crippen molar-refractivity contribution in [1.29, 1.82) is 0 Å². The van der Waals surface area contributed by atoms with Crippen molar-refractivity contribution in [3.05, 3.63) is 0 Å². The molecule has 0 aromatic rings. The van der Waals surface area contributed by atoms with Crippen LogP contribution in [0.1, 0.15) is 60.3 Å². The Morgan fingerprint density at radius 1 is 0.852 bits per heavy atom. The molecule has 3 aliphatic rings. The summed E-state index contributed by atoms with van der Waals surface area (Å²) < 4.78 is 16.8. The van der Waals surface area contributed by atoms with E-state index in [0.29, 0.717) is 18.9 Å². The standard InChI is InChI=1S/C22H36O5/c1-13-6-16-8-17(16)9-19(13)21(24)27-12-22(4,5)11-26-20(23)18-7-15(3)25-10-14(18)2/h13-19H,6-12H2,1-5H3. The van der Waals surface area contributed by atoms with E-state index in [1.165, 1.54) is 6.42 Å². The maximum absolute atomic E-state index is 12.5. The second kappa shape index (κ2) is 8.10. The van der Waals surface area contributed by atoms with Gasteiger partial charge in [0, 0.05) is 5.41 Å². The number of fused-ring (bicyclic) bond motifs is 1. The molecule has 2 aliphatic carbocycles. The largest absolute Gasteiger partial charge is 0.465 e. The highest BCUT2D eigenvalue weighted by Crippen LogP contribution is 2.53.